The smallest absolute Gasteiger partial charge is 0.328 e. The fraction of sp³-hybridized carbons (Fsp3) is 0.438. The molecule has 2 aliphatic heterocycles. The van der Waals surface area contributed by atoms with E-state index in [9.17, 15) is 4.79 Å². The average molecular weight is 273 g/mol. The summed E-state index contributed by atoms with van der Waals surface area (Å²) in [6.45, 7) is 2.82. The van der Waals surface area contributed by atoms with Crippen LogP contribution in [0.4, 0.5) is 0 Å². The summed E-state index contributed by atoms with van der Waals surface area (Å²) in [4.78, 5) is 13.1. The van der Waals surface area contributed by atoms with Gasteiger partial charge in [0.15, 0.2) is 0 Å². The minimum atomic E-state index is -0.913. The van der Waals surface area contributed by atoms with Gasteiger partial charge >= 0.3 is 5.97 Å². The average Bonchev–Trinajstić information content (AvgIpc) is 2.77. The minimum absolute atomic E-state index is 0.385. The largest absolute Gasteiger partial charge is 0.478 e. The molecule has 1 aromatic rings. The molecule has 2 unspecified atom stereocenters. The van der Waals surface area contributed by atoms with E-state index in [-0.39, 0.29) is 0 Å². The van der Waals surface area contributed by atoms with Gasteiger partial charge in [-0.25, -0.2) is 4.79 Å². The monoisotopic (exact) mass is 273 g/mol. The number of benzene rings is 1. The maximum Gasteiger partial charge on any atom is 0.328 e. The van der Waals surface area contributed by atoms with Gasteiger partial charge in [0.05, 0.1) is 12.2 Å². The Morgan fingerprint density at radius 3 is 2.70 bits per heavy atom. The predicted molar refractivity (Wildman–Crippen MR) is 76.3 cm³/mol. The van der Waals surface area contributed by atoms with Crippen LogP contribution in [0.5, 0.6) is 0 Å². The van der Waals surface area contributed by atoms with Crippen molar-refractivity contribution in [3.63, 3.8) is 0 Å². The van der Waals surface area contributed by atoms with Gasteiger partial charge in [0.1, 0.15) is 0 Å². The van der Waals surface area contributed by atoms with Gasteiger partial charge in [0.25, 0.3) is 0 Å². The summed E-state index contributed by atoms with van der Waals surface area (Å²) in [5.74, 6) is -0.913. The van der Waals surface area contributed by atoms with E-state index in [0.29, 0.717) is 12.2 Å². The van der Waals surface area contributed by atoms with E-state index < -0.39 is 5.97 Å². The highest BCUT2D eigenvalue weighted by atomic mass is 16.5. The van der Waals surface area contributed by atoms with E-state index in [1.54, 1.807) is 6.08 Å². The third kappa shape index (κ3) is 3.08. The molecule has 2 aliphatic rings. The summed E-state index contributed by atoms with van der Waals surface area (Å²) in [6, 6.07) is 7.97. The fourth-order valence-corrected chi connectivity index (χ4v) is 3.07. The Bertz CT molecular complexity index is 514. The Morgan fingerprint density at radius 1 is 1.30 bits per heavy atom. The second-order valence-electron chi connectivity index (χ2n) is 5.52. The van der Waals surface area contributed by atoms with Crippen molar-refractivity contribution in [2.24, 2.45) is 0 Å². The van der Waals surface area contributed by atoms with Gasteiger partial charge in [-0.1, -0.05) is 24.3 Å². The lowest BCUT2D eigenvalue weighted by molar-refractivity contribution is -0.131. The second-order valence-corrected chi connectivity index (χ2v) is 5.52. The molecule has 0 saturated carbocycles. The van der Waals surface area contributed by atoms with Crippen molar-refractivity contribution in [1.82, 2.24) is 4.90 Å². The van der Waals surface area contributed by atoms with E-state index in [1.165, 1.54) is 24.5 Å². The molecule has 4 nitrogen and oxygen atoms in total. The summed E-state index contributed by atoms with van der Waals surface area (Å²) in [7, 11) is 0. The van der Waals surface area contributed by atoms with Crippen LogP contribution in [0.25, 0.3) is 6.08 Å². The normalized spacial score (nSPS) is 26.2. The van der Waals surface area contributed by atoms with Gasteiger partial charge in [-0.15, -0.1) is 0 Å². The second kappa shape index (κ2) is 5.77. The van der Waals surface area contributed by atoms with Crippen molar-refractivity contribution < 1.29 is 14.6 Å². The number of carboxylic acid groups (broad SMARTS) is 1. The molecular formula is C16H19NO3. The van der Waals surface area contributed by atoms with Crippen LogP contribution in [0.15, 0.2) is 30.3 Å². The number of likely N-dealkylation sites (tertiary alicyclic amines) is 1. The molecule has 2 fully saturated rings. The van der Waals surface area contributed by atoms with E-state index in [2.05, 4.69) is 11.0 Å². The molecule has 2 bridgehead atoms. The van der Waals surface area contributed by atoms with Gasteiger partial charge in [-0.2, -0.15) is 0 Å². The molecule has 4 heteroatoms. The van der Waals surface area contributed by atoms with Crippen molar-refractivity contribution >= 4 is 12.0 Å². The quantitative estimate of drug-likeness (QED) is 0.854. The van der Waals surface area contributed by atoms with Gasteiger partial charge < -0.3 is 9.84 Å². The first kappa shape index (κ1) is 13.3. The van der Waals surface area contributed by atoms with Crippen LogP contribution in [-0.4, -0.2) is 41.3 Å². The third-order valence-corrected chi connectivity index (χ3v) is 3.97. The molecule has 20 heavy (non-hydrogen) atoms. The molecule has 0 spiro atoms. The Kier molecular flexibility index (Phi) is 3.85. The van der Waals surface area contributed by atoms with Gasteiger partial charge in [0, 0.05) is 25.7 Å². The maximum atomic E-state index is 10.7. The summed E-state index contributed by atoms with van der Waals surface area (Å²) < 4.78 is 5.84. The topological polar surface area (TPSA) is 49.8 Å². The SMILES string of the molecule is O=C(O)C=Cc1ccccc1CN1CC2CCC(C1)O2. The van der Waals surface area contributed by atoms with Crippen LogP contribution in [0, 0.1) is 0 Å². The van der Waals surface area contributed by atoms with Crippen molar-refractivity contribution in [2.75, 3.05) is 13.1 Å². The standard InChI is InChI=1S/C16H19NO3/c18-16(19)8-5-12-3-1-2-4-13(12)9-17-10-14-6-7-15(11-17)20-14/h1-5,8,14-15H,6-7,9-11H2,(H,18,19). The third-order valence-electron chi connectivity index (χ3n) is 3.97. The Morgan fingerprint density at radius 2 is 2.00 bits per heavy atom. The van der Waals surface area contributed by atoms with E-state index in [1.807, 2.05) is 18.2 Å². The molecule has 106 valence electrons. The Hall–Kier alpha value is -1.65. The van der Waals surface area contributed by atoms with Gasteiger partial charge in [-0.3, -0.25) is 4.90 Å². The molecule has 1 N–H and O–H groups in total. The first-order chi connectivity index (χ1) is 9.70. The Labute approximate surface area is 118 Å². The zero-order valence-electron chi connectivity index (χ0n) is 11.4. The van der Waals surface area contributed by atoms with Gasteiger partial charge in [-0.05, 0) is 30.0 Å². The van der Waals surface area contributed by atoms with Crippen molar-refractivity contribution in [2.45, 2.75) is 31.6 Å². The summed E-state index contributed by atoms with van der Waals surface area (Å²) in [5, 5.41) is 8.75. The number of carbonyl (C=O) groups is 1. The highest BCUT2D eigenvalue weighted by Crippen LogP contribution is 2.27. The molecule has 2 saturated heterocycles. The zero-order chi connectivity index (χ0) is 13.9. The van der Waals surface area contributed by atoms with Crippen molar-refractivity contribution in [3.05, 3.63) is 41.5 Å². The molecule has 2 heterocycles. The number of rotatable bonds is 4. The van der Waals surface area contributed by atoms with E-state index >= 15 is 0 Å². The molecular weight excluding hydrogens is 254 g/mol. The molecule has 0 radical (unpaired) electrons. The number of hydrogen-bond acceptors (Lipinski definition) is 3. The first-order valence-corrected chi connectivity index (χ1v) is 7.07. The molecule has 0 aromatic heterocycles. The number of nitrogens with zero attached hydrogens (tertiary/aromatic N) is 1. The predicted octanol–water partition coefficient (Wildman–Crippen LogP) is 2.15. The lowest BCUT2D eigenvalue weighted by atomic mass is 10.1. The van der Waals surface area contributed by atoms with Crippen molar-refractivity contribution in [1.29, 1.82) is 0 Å². The number of morpholine rings is 1. The first-order valence-electron chi connectivity index (χ1n) is 7.07. The van der Waals surface area contributed by atoms with Crippen LogP contribution in [-0.2, 0) is 16.1 Å². The van der Waals surface area contributed by atoms with Crippen LogP contribution in [0.2, 0.25) is 0 Å². The maximum absolute atomic E-state index is 10.7. The number of hydrogen-bond donors (Lipinski definition) is 1. The van der Waals surface area contributed by atoms with E-state index in [4.69, 9.17) is 9.84 Å². The van der Waals surface area contributed by atoms with Crippen molar-refractivity contribution in [3.8, 4) is 0 Å². The lowest BCUT2D eigenvalue weighted by Gasteiger charge is -2.32. The lowest BCUT2D eigenvalue weighted by Crippen LogP contribution is -2.42. The number of carboxylic acids is 1. The van der Waals surface area contributed by atoms with Crippen LogP contribution >= 0.6 is 0 Å². The highest BCUT2D eigenvalue weighted by molar-refractivity contribution is 5.85. The summed E-state index contributed by atoms with van der Waals surface area (Å²) in [6.07, 6.45) is 5.98. The zero-order valence-corrected chi connectivity index (χ0v) is 11.4. The minimum Gasteiger partial charge on any atom is -0.478 e. The fourth-order valence-electron chi connectivity index (χ4n) is 3.07. The number of fused-ring (bicyclic) bond motifs is 2. The van der Waals surface area contributed by atoms with E-state index in [0.717, 1.165) is 25.2 Å². The van der Waals surface area contributed by atoms with Crippen LogP contribution in [0.3, 0.4) is 0 Å². The summed E-state index contributed by atoms with van der Waals surface area (Å²) >= 11 is 0. The van der Waals surface area contributed by atoms with Crippen LogP contribution in [0.1, 0.15) is 24.0 Å². The van der Waals surface area contributed by atoms with Gasteiger partial charge in [0.2, 0.25) is 0 Å². The molecule has 0 amide bonds. The number of aliphatic carboxylic acids is 1. The molecule has 3 rings (SSSR count). The molecule has 0 aliphatic carbocycles. The molecule has 1 aromatic carbocycles. The number of ether oxygens (including phenoxy) is 1. The summed E-state index contributed by atoms with van der Waals surface area (Å²) in [5.41, 5.74) is 2.15. The Balaban J connectivity index is 1.72. The highest BCUT2D eigenvalue weighted by Gasteiger charge is 2.33. The molecule has 2 atom stereocenters. The van der Waals surface area contributed by atoms with Crippen LogP contribution < -0.4 is 0 Å².